The molecule has 5 rings (SSSR count). The lowest BCUT2D eigenvalue weighted by atomic mass is 10.0. The summed E-state index contributed by atoms with van der Waals surface area (Å²) in [4.78, 5) is 29.4. The molecule has 0 unspecified atom stereocenters. The summed E-state index contributed by atoms with van der Waals surface area (Å²) in [6.07, 6.45) is 4.72. The number of nitrogens with one attached hydrogen (secondary N) is 2. The number of aromatic nitrogens is 2. The molecule has 4 heterocycles. The van der Waals surface area contributed by atoms with Crippen molar-refractivity contribution >= 4 is 28.9 Å². The summed E-state index contributed by atoms with van der Waals surface area (Å²) < 4.78 is 11.3. The minimum atomic E-state index is -0.616. The van der Waals surface area contributed by atoms with Crippen molar-refractivity contribution in [3.05, 3.63) is 29.6 Å². The number of primary amides is 1. The maximum atomic E-state index is 12.4. The normalized spacial score (nSPS) is 19.7. The lowest BCUT2D eigenvalue weighted by Crippen LogP contribution is -2.54. The standard InChI is InChI=1S/C31H48N8O3/c1-5-25-30(33-22-10-18-42-19-11-22)36-31(28(35-25)29(32)40)34-23-6-7-26(27(20-23)41-4)39-12-8-24(9-13-39)38-16-14-37(15-17-38)21(2)3/h6-7,20-22,24H,5,8-19H2,1-4H3,(H2,32,40)(H2,33,34,36). The minimum absolute atomic E-state index is 0.128. The molecule has 0 bridgehead atoms. The van der Waals surface area contributed by atoms with E-state index in [9.17, 15) is 4.79 Å². The van der Waals surface area contributed by atoms with Crippen molar-refractivity contribution in [3.8, 4) is 5.75 Å². The summed E-state index contributed by atoms with van der Waals surface area (Å²) in [7, 11) is 1.70. The van der Waals surface area contributed by atoms with Crippen molar-refractivity contribution in [1.29, 1.82) is 0 Å². The molecule has 1 amide bonds. The van der Waals surface area contributed by atoms with Crippen LogP contribution in [-0.2, 0) is 11.2 Å². The fraction of sp³-hybridized carbons (Fsp3) is 0.645. The van der Waals surface area contributed by atoms with E-state index in [2.05, 4.69) is 50.2 Å². The fourth-order valence-corrected chi connectivity index (χ4v) is 6.37. The quantitative estimate of drug-likeness (QED) is 0.385. The molecule has 0 saturated carbocycles. The van der Waals surface area contributed by atoms with Crippen molar-refractivity contribution in [2.24, 2.45) is 5.73 Å². The van der Waals surface area contributed by atoms with E-state index in [-0.39, 0.29) is 11.7 Å². The highest BCUT2D eigenvalue weighted by Gasteiger charge is 2.29. The zero-order chi connectivity index (χ0) is 29.6. The molecule has 3 saturated heterocycles. The molecule has 230 valence electrons. The van der Waals surface area contributed by atoms with Gasteiger partial charge in [-0.3, -0.25) is 14.6 Å². The average Bonchev–Trinajstić information content (AvgIpc) is 3.01. The lowest BCUT2D eigenvalue weighted by Gasteiger charge is -2.44. The highest BCUT2D eigenvalue weighted by Crippen LogP contribution is 2.35. The number of ether oxygens (including phenoxy) is 2. The van der Waals surface area contributed by atoms with Crippen LogP contribution in [0.4, 0.5) is 23.0 Å². The van der Waals surface area contributed by atoms with Gasteiger partial charge in [-0.15, -0.1) is 0 Å². The molecule has 11 nitrogen and oxygen atoms in total. The van der Waals surface area contributed by atoms with Gasteiger partial charge in [0, 0.05) is 82.4 Å². The van der Waals surface area contributed by atoms with Gasteiger partial charge in [-0.05, 0) is 58.1 Å². The van der Waals surface area contributed by atoms with Crippen LogP contribution >= 0.6 is 0 Å². The number of piperidine rings is 1. The Morgan fingerprint density at radius 2 is 1.76 bits per heavy atom. The molecule has 3 fully saturated rings. The zero-order valence-corrected chi connectivity index (χ0v) is 25.7. The second-order valence-corrected chi connectivity index (χ2v) is 11.9. The molecule has 4 N–H and O–H groups in total. The zero-order valence-electron chi connectivity index (χ0n) is 25.7. The van der Waals surface area contributed by atoms with Crippen LogP contribution in [0.1, 0.15) is 62.6 Å². The third kappa shape index (κ3) is 7.07. The summed E-state index contributed by atoms with van der Waals surface area (Å²) in [5.41, 5.74) is 8.42. The van der Waals surface area contributed by atoms with E-state index in [1.54, 1.807) is 7.11 Å². The first-order chi connectivity index (χ1) is 20.4. The van der Waals surface area contributed by atoms with Gasteiger partial charge < -0.3 is 30.7 Å². The highest BCUT2D eigenvalue weighted by atomic mass is 16.5. The number of hydrogen-bond donors (Lipinski definition) is 3. The van der Waals surface area contributed by atoms with Crippen LogP contribution in [0.25, 0.3) is 0 Å². The molecule has 0 atom stereocenters. The molecule has 0 spiro atoms. The summed E-state index contributed by atoms with van der Waals surface area (Å²) in [5.74, 6) is 1.18. The summed E-state index contributed by atoms with van der Waals surface area (Å²) in [5, 5.41) is 6.82. The topological polar surface area (TPSA) is 121 Å². The molecule has 42 heavy (non-hydrogen) atoms. The van der Waals surface area contributed by atoms with E-state index in [1.165, 1.54) is 0 Å². The molecule has 3 aliphatic rings. The van der Waals surface area contributed by atoms with Crippen molar-refractivity contribution in [2.75, 3.05) is 75.1 Å². The summed E-state index contributed by atoms with van der Waals surface area (Å²) >= 11 is 0. The maximum absolute atomic E-state index is 12.4. The number of hydrogen-bond acceptors (Lipinski definition) is 10. The van der Waals surface area contributed by atoms with Gasteiger partial charge in [0.25, 0.3) is 5.91 Å². The number of piperazine rings is 1. The van der Waals surface area contributed by atoms with Crippen LogP contribution in [0.2, 0.25) is 0 Å². The first-order valence-electron chi connectivity index (χ1n) is 15.6. The van der Waals surface area contributed by atoms with Gasteiger partial charge in [0.2, 0.25) is 0 Å². The molecular weight excluding hydrogens is 532 g/mol. The van der Waals surface area contributed by atoms with Gasteiger partial charge in [0.15, 0.2) is 17.3 Å². The SMILES string of the molecule is CCc1nc(C(N)=O)c(Nc2ccc(N3CCC(N4CCN(C(C)C)CC4)CC3)c(OC)c2)nc1NC1CCOCC1. The average molecular weight is 581 g/mol. The fourth-order valence-electron chi connectivity index (χ4n) is 6.37. The summed E-state index contributed by atoms with van der Waals surface area (Å²) in [6, 6.07) is 7.56. The number of methoxy groups -OCH3 is 1. The number of anilines is 4. The Kier molecular flexibility index (Phi) is 10.0. The predicted molar refractivity (Wildman–Crippen MR) is 167 cm³/mol. The van der Waals surface area contributed by atoms with Gasteiger partial charge in [0.1, 0.15) is 5.75 Å². The molecule has 1 aromatic heterocycles. The number of rotatable bonds is 10. The second-order valence-electron chi connectivity index (χ2n) is 11.9. The van der Waals surface area contributed by atoms with Gasteiger partial charge in [-0.25, -0.2) is 9.97 Å². The third-order valence-electron chi connectivity index (χ3n) is 8.94. The van der Waals surface area contributed by atoms with E-state index in [0.717, 1.165) is 101 Å². The molecule has 0 radical (unpaired) electrons. The number of nitrogens with zero attached hydrogens (tertiary/aromatic N) is 5. The van der Waals surface area contributed by atoms with Crippen LogP contribution < -0.4 is 26.0 Å². The number of carbonyl (C=O) groups is 1. The number of benzene rings is 1. The van der Waals surface area contributed by atoms with Crippen LogP contribution in [0, 0.1) is 0 Å². The lowest BCUT2D eigenvalue weighted by molar-refractivity contribution is 0.0692. The first-order valence-corrected chi connectivity index (χ1v) is 15.6. The van der Waals surface area contributed by atoms with Gasteiger partial charge in [-0.2, -0.15) is 0 Å². The molecule has 2 aromatic rings. The molecular formula is C31H48N8O3. The van der Waals surface area contributed by atoms with Gasteiger partial charge in [-0.1, -0.05) is 6.92 Å². The number of carbonyl (C=O) groups excluding carboxylic acids is 1. The maximum Gasteiger partial charge on any atom is 0.271 e. The third-order valence-corrected chi connectivity index (χ3v) is 8.94. The Morgan fingerprint density at radius 1 is 1.05 bits per heavy atom. The molecule has 11 heteroatoms. The Labute approximate surface area is 250 Å². The number of amides is 1. The largest absolute Gasteiger partial charge is 0.495 e. The molecule has 3 aliphatic heterocycles. The van der Waals surface area contributed by atoms with Crippen molar-refractivity contribution in [1.82, 2.24) is 19.8 Å². The monoisotopic (exact) mass is 580 g/mol. The number of nitrogens with two attached hydrogens (primary N) is 1. The predicted octanol–water partition coefficient (Wildman–Crippen LogP) is 3.48. The molecule has 0 aliphatic carbocycles. The van der Waals surface area contributed by atoms with Crippen LogP contribution in [0.15, 0.2) is 18.2 Å². The van der Waals surface area contributed by atoms with Crippen LogP contribution in [0.3, 0.4) is 0 Å². The van der Waals surface area contributed by atoms with Gasteiger partial charge >= 0.3 is 0 Å². The first kappa shape index (κ1) is 30.3. The van der Waals surface area contributed by atoms with Crippen LogP contribution in [-0.4, -0.2) is 103 Å². The van der Waals surface area contributed by atoms with E-state index in [1.807, 2.05) is 19.1 Å². The summed E-state index contributed by atoms with van der Waals surface area (Å²) in [6.45, 7) is 14.6. The van der Waals surface area contributed by atoms with Gasteiger partial charge in [0.05, 0.1) is 18.5 Å². The van der Waals surface area contributed by atoms with E-state index >= 15 is 0 Å². The minimum Gasteiger partial charge on any atom is -0.495 e. The Hall–Kier alpha value is -3.15. The van der Waals surface area contributed by atoms with Crippen molar-refractivity contribution in [3.63, 3.8) is 0 Å². The Morgan fingerprint density at radius 3 is 2.38 bits per heavy atom. The van der Waals surface area contributed by atoms with E-state index in [4.69, 9.17) is 20.2 Å². The van der Waals surface area contributed by atoms with Crippen molar-refractivity contribution in [2.45, 2.75) is 71.0 Å². The smallest absolute Gasteiger partial charge is 0.271 e. The highest BCUT2D eigenvalue weighted by molar-refractivity contribution is 5.96. The number of aryl methyl sites for hydroxylation is 1. The van der Waals surface area contributed by atoms with E-state index < -0.39 is 5.91 Å². The van der Waals surface area contributed by atoms with E-state index in [0.29, 0.717) is 30.1 Å². The Balaban J connectivity index is 1.27. The molecule has 1 aromatic carbocycles. The van der Waals surface area contributed by atoms with Crippen LogP contribution in [0.5, 0.6) is 5.75 Å². The Bertz CT molecular complexity index is 1200. The second kappa shape index (κ2) is 13.9. The van der Waals surface area contributed by atoms with Crippen molar-refractivity contribution < 1.29 is 14.3 Å².